The van der Waals surface area contributed by atoms with Gasteiger partial charge in [-0.1, -0.05) is 62.9 Å². The number of carbonyl (C=O) groups is 3. The first-order chi connectivity index (χ1) is 13.3. The zero-order valence-corrected chi connectivity index (χ0v) is 18.0. The monoisotopic (exact) mass is 401 g/mol. The summed E-state index contributed by atoms with van der Waals surface area (Å²) in [6, 6.07) is 9.91. The summed E-state index contributed by atoms with van der Waals surface area (Å²) >= 11 is 1.33. The second kappa shape index (κ2) is 8.81. The second-order valence-corrected chi connectivity index (χ2v) is 9.81. The van der Waals surface area contributed by atoms with Crippen molar-refractivity contribution in [3.63, 3.8) is 0 Å². The van der Waals surface area contributed by atoms with Crippen molar-refractivity contribution in [2.24, 2.45) is 11.3 Å². The smallest absolute Gasteiger partial charge is 0.291 e. The molecule has 0 radical (unpaired) electrons. The Morgan fingerprint density at radius 3 is 2.54 bits per heavy atom. The van der Waals surface area contributed by atoms with Crippen LogP contribution in [0, 0.1) is 11.3 Å². The Labute approximate surface area is 172 Å². The first kappa shape index (κ1) is 21.1. The van der Waals surface area contributed by atoms with Crippen LogP contribution in [0.25, 0.3) is 0 Å². The number of likely N-dealkylation sites (tertiary alicyclic amines) is 1. The van der Waals surface area contributed by atoms with Crippen LogP contribution >= 0.6 is 11.8 Å². The van der Waals surface area contributed by atoms with Gasteiger partial charge < -0.3 is 4.90 Å². The number of nitrogens with zero attached hydrogens (tertiary/aromatic N) is 1. The van der Waals surface area contributed by atoms with Gasteiger partial charge in [0.1, 0.15) is 6.04 Å². The highest BCUT2D eigenvalue weighted by Gasteiger charge is 2.53. The third-order valence-electron chi connectivity index (χ3n) is 6.45. The molecule has 2 fully saturated rings. The number of Topliss-reactive ketones (excluding diaryl/α,β-unsaturated/α-hetero) is 1. The molecule has 4 nitrogen and oxygen atoms in total. The molecule has 0 aromatic heterocycles. The molecule has 3 rings (SSSR count). The van der Waals surface area contributed by atoms with Crippen LogP contribution < -0.4 is 0 Å². The van der Waals surface area contributed by atoms with E-state index in [1.807, 2.05) is 39.0 Å². The summed E-state index contributed by atoms with van der Waals surface area (Å²) in [5.74, 6) is 0.176. The first-order valence-corrected chi connectivity index (χ1v) is 11.4. The molecule has 2 unspecified atom stereocenters. The predicted molar refractivity (Wildman–Crippen MR) is 113 cm³/mol. The molecule has 1 aromatic rings. The molecule has 2 aliphatic rings. The summed E-state index contributed by atoms with van der Waals surface area (Å²) < 4.78 is 0. The minimum Gasteiger partial charge on any atom is -0.322 e. The molecule has 2 bridgehead atoms. The van der Waals surface area contributed by atoms with Crippen molar-refractivity contribution in [3.05, 3.63) is 35.9 Å². The molecule has 1 aromatic carbocycles. The van der Waals surface area contributed by atoms with Crippen LogP contribution in [0.5, 0.6) is 0 Å². The molecule has 1 amide bonds. The van der Waals surface area contributed by atoms with Gasteiger partial charge in [0.15, 0.2) is 0 Å². The molecular formula is C23H31NO3S. The molecule has 28 heavy (non-hydrogen) atoms. The lowest BCUT2D eigenvalue weighted by Gasteiger charge is -2.35. The Kier molecular flexibility index (Phi) is 6.64. The number of piperidine rings is 1. The van der Waals surface area contributed by atoms with E-state index in [1.54, 1.807) is 4.90 Å². The molecule has 1 heterocycles. The number of rotatable bonds is 8. The number of aryl methyl sites for hydroxylation is 1. The van der Waals surface area contributed by atoms with Gasteiger partial charge in [0.25, 0.3) is 5.91 Å². The molecule has 5 heteroatoms. The van der Waals surface area contributed by atoms with Gasteiger partial charge in [0.2, 0.25) is 10.9 Å². The molecule has 1 saturated heterocycles. The number of ketones is 1. The third kappa shape index (κ3) is 4.35. The zero-order valence-electron chi connectivity index (χ0n) is 17.1. The maximum Gasteiger partial charge on any atom is 0.291 e. The summed E-state index contributed by atoms with van der Waals surface area (Å²) in [5.41, 5.74) is 0.606. The number of hydrogen-bond acceptors (Lipinski definition) is 4. The van der Waals surface area contributed by atoms with Crippen LogP contribution in [-0.4, -0.2) is 39.5 Å². The Balaban J connectivity index is 1.60. The predicted octanol–water partition coefficient (Wildman–Crippen LogP) is 4.26. The van der Waals surface area contributed by atoms with Crippen molar-refractivity contribution in [3.8, 4) is 0 Å². The number of benzene rings is 1. The van der Waals surface area contributed by atoms with Gasteiger partial charge in [-0.15, -0.1) is 0 Å². The van der Waals surface area contributed by atoms with Crippen LogP contribution in [0.15, 0.2) is 30.3 Å². The highest BCUT2D eigenvalue weighted by molar-refractivity contribution is 8.13. The van der Waals surface area contributed by atoms with Crippen LogP contribution in [0.2, 0.25) is 0 Å². The SMILES string of the molecule is CCC(C)(C)C(=O)C(=O)N1C2CCC(C2)[C@@H]1C(=O)SCCCc1ccccc1. The quantitative estimate of drug-likeness (QED) is 0.482. The van der Waals surface area contributed by atoms with Crippen molar-refractivity contribution < 1.29 is 14.4 Å². The van der Waals surface area contributed by atoms with Crippen molar-refractivity contribution in [1.29, 1.82) is 0 Å². The van der Waals surface area contributed by atoms with Gasteiger partial charge in [-0.2, -0.15) is 0 Å². The van der Waals surface area contributed by atoms with Crippen molar-refractivity contribution >= 4 is 28.6 Å². The van der Waals surface area contributed by atoms with Gasteiger partial charge in [-0.3, -0.25) is 14.4 Å². The van der Waals surface area contributed by atoms with Crippen molar-refractivity contribution in [2.45, 2.75) is 71.4 Å². The maximum atomic E-state index is 13.0. The number of thioether (sulfide) groups is 1. The fourth-order valence-electron chi connectivity index (χ4n) is 4.33. The van der Waals surface area contributed by atoms with Crippen LogP contribution in [-0.2, 0) is 20.8 Å². The Hall–Kier alpha value is -1.62. The van der Waals surface area contributed by atoms with Gasteiger partial charge in [0.05, 0.1) is 0 Å². The Bertz CT molecular complexity index is 731. The number of carbonyl (C=O) groups excluding carboxylic acids is 3. The highest BCUT2D eigenvalue weighted by atomic mass is 32.2. The van der Waals surface area contributed by atoms with E-state index in [1.165, 1.54) is 17.3 Å². The Morgan fingerprint density at radius 2 is 1.86 bits per heavy atom. The molecule has 152 valence electrons. The minimum atomic E-state index is -0.671. The number of amides is 1. The van der Waals surface area contributed by atoms with Crippen molar-refractivity contribution in [2.75, 3.05) is 5.75 Å². The maximum absolute atomic E-state index is 13.0. The van der Waals surface area contributed by atoms with E-state index in [2.05, 4.69) is 12.1 Å². The van der Waals surface area contributed by atoms with Crippen LogP contribution in [0.3, 0.4) is 0 Å². The van der Waals surface area contributed by atoms with E-state index >= 15 is 0 Å². The molecule has 1 aliphatic heterocycles. The second-order valence-electron chi connectivity index (χ2n) is 8.71. The van der Waals surface area contributed by atoms with E-state index < -0.39 is 17.4 Å². The topological polar surface area (TPSA) is 54.5 Å². The largest absolute Gasteiger partial charge is 0.322 e. The third-order valence-corrected chi connectivity index (χ3v) is 7.47. The summed E-state index contributed by atoms with van der Waals surface area (Å²) in [4.78, 5) is 40.3. The van der Waals surface area contributed by atoms with Crippen LogP contribution in [0.1, 0.15) is 58.4 Å². The minimum absolute atomic E-state index is 0.0629. The standard InChI is InChI=1S/C23H31NO3S/c1-4-23(2,3)20(25)21(26)24-18-13-12-17(15-18)19(24)22(27)28-14-8-11-16-9-6-5-7-10-16/h5-7,9-10,17-19H,4,8,11-15H2,1-3H3/t17?,18?,19-/m1/s1. The zero-order chi connectivity index (χ0) is 20.3. The van der Waals surface area contributed by atoms with Crippen LogP contribution in [0.4, 0.5) is 0 Å². The molecule has 1 aliphatic carbocycles. The van der Waals surface area contributed by atoms with Crippen molar-refractivity contribution in [1.82, 2.24) is 4.90 Å². The number of hydrogen-bond donors (Lipinski definition) is 0. The lowest BCUT2D eigenvalue weighted by Crippen LogP contribution is -2.53. The van der Waals surface area contributed by atoms with Gasteiger partial charge in [-0.05, 0) is 50.0 Å². The van der Waals surface area contributed by atoms with Gasteiger partial charge >= 0.3 is 0 Å². The van der Waals surface area contributed by atoms with E-state index in [9.17, 15) is 14.4 Å². The normalized spacial score (nSPS) is 23.8. The summed E-state index contributed by atoms with van der Waals surface area (Å²) in [5, 5.41) is 0.0655. The summed E-state index contributed by atoms with van der Waals surface area (Å²) in [6.07, 6.45) is 5.26. The van der Waals surface area contributed by atoms with Gasteiger partial charge in [-0.25, -0.2) is 0 Å². The first-order valence-electron chi connectivity index (χ1n) is 10.4. The average molecular weight is 402 g/mol. The molecule has 0 N–H and O–H groups in total. The van der Waals surface area contributed by atoms with E-state index in [-0.39, 0.29) is 22.9 Å². The highest BCUT2D eigenvalue weighted by Crippen LogP contribution is 2.44. The Morgan fingerprint density at radius 1 is 1.14 bits per heavy atom. The lowest BCUT2D eigenvalue weighted by molar-refractivity contribution is -0.153. The lowest BCUT2D eigenvalue weighted by atomic mass is 9.84. The van der Waals surface area contributed by atoms with E-state index in [0.717, 1.165) is 37.9 Å². The molecular weight excluding hydrogens is 370 g/mol. The fraction of sp³-hybridized carbons (Fsp3) is 0.609. The molecule has 0 spiro atoms. The fourth-order valence-corrected chi connectivity index (χ4v) is 5.30. The molecule has 3 atom stereocenters. The summed E-state index contributed by atoms with van der Waals surface area (Å²) in [7, 11) is 0. The molecule has 1 saturated carbocycles. The average Bonchev–Trinajstić information content (AvgIpc) is 3.32. The van der Waals surface area contributed by atoms with E-state index in [0.29, 0.717) is 6.42 Å². The van der Waals surface area contributed by atoms with E-state index in [4.69, 9.17) is 0 Å². The van der Waals surface area contributed by atoms with Gasteiger partial charge in [0, 0.05) is 17.2 Å². The number of fused-ring (bicyclic) bond motifs is 2. The summed E-state index contributed by atoms with van der Waals surface area (Å²) in [6.45, 7) is 5.56.